The predicted molar refractivity (Wildman–Crippen MR) is 76.9 cm³/mol. The summed E-state index contributed by atoms with van der Waals surface area (Å²) in [5.74, 6) is 0.940. The third-order valence-corrected chi connectivity index (χ3v) is 3.12. The van der Waals surface area contributed by atoms with Crippen LogP contribution >= 0.6 is 0 Å². The van der Waals surface area contributed by atoms with Gasteiger partial charge in [0.2, 0.25) is 0 Å². The highest BCUT2D eigenvalue weighted by atomic mass is 16.5. The molecule has 0 saturated heterocycles. The maximum Gasteiger partial charge on any atom is 0.119 e. The van der Waals surface area contributed by atoms with E-state index in [4.69, 9.17) is 4.74 Å². The van der Waals surface area contributed by atoms with Crippen LogP contribution in [0.5, 0.6) is 5.75 Å². The normalized spacial score (nSPS) is 14.8. The molecular formula is C17H20O. The molecule has 0 aromatic heterocycles. The fourth-order valence-electron chi connectivity index (χ4n) is 1.87. The molecule has 0 atom stereocenters. The molecule has 0 spiro atoms. The minimum Gasteiger partial charge on any atom is -0.489 e. The van der Waals surface area contributed by atoms with Gasteiger partial charge in [-0.3, -0.25) is 0 Å². The van der Waals surface area contributed by atoms with Crippen LogP contribution in [0.3, 0.4) is 0 Å². The molecule has 0 aliphatic heterocycles. The number of rotatable bonds is 4. The van der Waals surface area contributed by atoms with Gasteiger partial charge in [-0.15, -0.1) is 0 Å². The van der Waals surface area contributed by atoms with Crippen molar-refractivity contribution in [3.05, 3.63) is 65.3 Å². The zero-order chi connectivity index (χ0) is 12.8. The van der Waals surface area contributed by atoms with Crippen LogP contribution in [0.1, 0.15) is 25.8 Å². The molecule has 0 unspecified atom stereocenters. The maximum atomic E-state index is 5.79. The Morgan fingerprint density at radius 1 is 1.06 bits per heavy atom. The van der Waals surface area contributed by atoms with Crippen molar-refractivity contribution in [1.82, 2.24) is 0 Å². The van der Waals surface area contributed by atoms with Crippen LogP contribution in [0.4, 0.5) is 0 Å². The number of ether oxygens (including phenoxy) is 1. The Morgan fingerprint density at radius 3 is 2.56 bits per heavy atom. The van der Waals surface area contributed by atoms with Crippen molar-refractivity contribution in [1.29, 1.82) is 0 Å². The van der Waals surface area contributed by atoms with Crippen molar-refractivity contribution in [2.24, 2.45) is 0 Å². The molecule has 1 aromatic carbocycles. The first-order valence-electron chi connectivity index (χ1n) is 6.53. The van der Waals surface area contributed by atoms with Gasteiger partial charge in [0, 0.05) is 0 Å². The monoisotopic (exact) mass is 240 g/mol. The van der Waals surface area contributed by atoms with Gasteiger partial charge in [-0.25, -0.2) is 0 Å². The zero-order valence-electron chi connectivity index (χ0n) is 11.1. The maximum absolute atomic E-state index is 5.79. The number of benzene rings is 1. The van der Waals surface area contributed by atoms with E-state index >= 15 is 0 Å². The minimum absolute atomic E-state index is 0.642. The van der Waals surface area contributed by atoms with Gasteiger partial charge in [-0.1, -0.05) is 48.9 Å². The Balaban J connectivity index is 1.91. The van der Waals surface area contributed by atoms with E-state index in [0.29, 0.717) is 6.61 Å². The predicted octanol–water partition coefficient (Wildman–Crippen LogP) is 4.46. The van der Waals surface area contributed by atoms with Crippen LogP contribution in [-0.2, 0) is 6.42 Å². The van der Waals surface area contributed by atoms with Crippen molar-refractivity contribution in [2.45, 2.75) is 26.7 Å². The first kappa shape index (κ1) is 12.7. The third-order valence-electron chi connectivity index (χ3n) is 3.12. The van der Waals surface area contributed by atoms with Crippen molar-refractivity contribution >= 4 is 0 Å². The number of allylic oxidation sites excluding steroid dienone is 4. The summed E-state index contributed by atoms with van der Waals surface area (Å²) in [6.07, 6.45) is 10.8. The summed E-state index contributed by atoms with van der Waals surface area (Å²) in [4.78, 5) is 0. The SMILES string of the molecule is CCc1ccc(OCC2=CCC=C(C)C=C2)cc1. The van der Waals surface area contributed by atoms with E-state index in [1.165, 1.54) is 16.7 Å². The zero-order valence-corrected chi connectivity index (χ0v) is 11.1. The molecule has 94 valence electrons. The van der Waals surface area contributed by atoms with Crippen molar-refractivity contribution in [3.8, 4) is 5.75 Å². The second-order valence-corrected chi connectivity index (χ2v) is 4.58. The smallest absolute Gasteiger partial charge is 0.119 e. The average Bonchev–Trinajstić information content (AvgIpc) is 2.62. The van der Waals surface area contributed by atoms with Gasteiger partial charge >= 0.3 is 0 Å². The lowest BCUT2D eigenvalue weighted by Crippen LogP contribution is -1.99. The summed E-state index contributed by atoms with van der Waals surface area (Å²) in [7, 11) is 0. The van der Waals surface area contributed by atoms with E-state index < -0.39 is 0 Å². The molecule has 1 aliphatic rings. The molecule has 0 saturated carbocycles. The van der Waals surface area contributed by atoms with Gasteiger partial charge in [0.1, 0.15) is 12.4 Å². The molecule has 1 heteroatoms. The molecule has 0 fully saturated rings. The topological polar surface area (TPSA) is 9.23 Å². The molecule has 0 bridgehead atoms. The number of hydrogen-bond acceptors (Lipinski definition) is 1. The average molecular weight is 240 g/mol. The summed E-state index contributed by atoms with van der Waals surface area (Å²) < 4.78 is 5.79. The molecule has 0 heterocycles. The molecule has 2 rings (SSSR count). The summed E-state index contributed by atoms with van der Waals surface area (Å²) in [5.41, 5.74) is 3.90. The largest absolute Gasteiger partial charge is 0.489 e. The molecule has 18 heavy (non-hydrogen) atoms. The van der Waals surface area contributed by atoms with E-state index in [2.05, 4.69) is 50.3 Å². The molecule has 1 aliphatic carbocycles. The van der Waals surface area contributed by atoms with Gasteiger partial charge in [0.05, 0.1) is 0 Å². The van der Waals surface area contributed by atoms with Gasteiger partial charge in [-0.2, -0.15) is 0 Å². The van der Waals surface area contributed by atoms with Crippen LogP contribution < -0.4 is 4.74 Å². The van der Waals surface area contributed by atoms with Crippen LogP contribution in [0.2, 0.25) is 0 Å². The molecule has 1 aromatic rings. The summed E-state index contributed by atoms with van der Waals surface area (Å²) in [6, 6.07) is 8.34. The molecule has 0 amide bonds. The van der Waals surface area contributed by atoms with E-state index in [9.17, 15) is 0 Å². The lowest BCUT2D eigenvalue weighted by molar-refractivity contribution is 0.355. The van der Waals surface area contributed by atoms with Crippen LogP contribution in [0, 0.1) is 0 Å². The summed E-state index contributed by atoms with van der Waals surface area (Å²) in [6.45, 7) is 4.92. The fourth-order valence-corrected chi connectivity index (χ4v) is 1.87. The highest BCUT2D eigenvalue weighted by molar-refractivity contribution is 5.33. The first-order valence-corrected chi connectivity index (χ1v) is 6.53. The van der Waals surface area contributed by atoms with Gasteiger partial charge in [0.15, 0.2) is 0 Å². The van der Waals surface area contributed by atoms with Gasteiger partial charge in [-0.05, 0) is 43.0 Å². The lowest BCUT2D eigenvalue weighted by Gasteiger charge is -2.07. The second kappa shape index (κ2) is 6.25. The van der Waals surface area contributed by atoms with Crippen LogP contribution in [0.15, 0.2) is 59.7 Å². The first-order chi connectivity index (χ1) is 8.78. The lowest BCUT2D eigenvalue weighted by atomic mass is 10.2. The summed E-state index contributed by atoms with van der Waals surface area (Å²) in [5, 5.41) is 0. The van der Waals surface area contributed by atoms with Crippen LogP contribution in [0.25, 0.3) is 0 Å². The van der Waals surface area contributed by atoms with Crippen LogP contribution in [-0.4, -0.2) is 6.61 Å². The highest BCUT2D eigenvalue weighted by Gasteiger charge is 1.99. The Labute approximate surface area is 109 Å². The van der Waals surface area contributed by atoms with Gasteiger partial charge < -0.3 is 4.74 Å². The Hall–Kier alpha value is -1.76. The summed E-state index contributed by atoms with van der Waals surface area (Å²) >= 11 is 0. The second-order valence-electron chi connectivity index (χ2n) is 4.58. The van der Waals surface area contributed by atoms with Gasteiger partial charge in [0.25, 0.3) is 0 Å². The van der Waals surface area contributed by atoms with E-state index in [-0.39, 0.29) is 0 Å². The molecule has 1 nitrogen and oxygen atoms in total. The quantitative estimate of drug-likeness (QED) is 0.755. The number of aryl methyl sites for hydroxylation is 1. The molecule has 0 N–H and O–H groups in total. The fraction of sp³-hybridized carbons (Fsp3) is 0.294. The Bertz CT molecular complexity index is 475. The van der Waals surface area contributed by atoms with Crippen molar-refractivity contribution < 1.29 is 4.74 Å². The number of hydrogen-bond donors (Lipinski definition) is 0. The Kier molecular flexibility index (Phi) is 4.40. The van der Waals surface area contributed by atoms with E-state index in [0.717, 1.165) is 18.6 Å². The third kappa shape index (κ3) is 3.63. The highest BCUT2D eigenvalue weighted by Crippen LogP contribution is 2.15. The molecular weight excluding hydrogens is 220 g/mol. The van der Waals surface area contributed by atoms with E-state index in [1.54, 1.807) is 0 Å². The van der Waals surface area contributed by atoms with E-state index in [1.807, 2.05) is 12.1 Å². The minimum atomic E-state index is 0.642. The van der Waals surface area contributed by atoms with Crippen molar-refractivity contribution in [2.75, 3.05) is 6.61 Å². The Morgan fingerprint density at radius 2 is 1.83 bits per heavy atom. The standard InChI is InChI=1S/C17H20O/c1-3-15-9-11-17(12-10-15)18-13-16-6-4-5-14(2)7-8-16/h5-12H,3-4,13H2,1-2H3. The van der Waals surface area contributed by atoms with Crippen molar-refractivity contribution in [3.63, 3.8) is 0 Å². The molecule has 0 radical (unpaired) electrons.